The normalized spacial score (nSPS) is 15.3. The van der Waals surface area contributed by atoms with Gasteiger partial charge in [-0.05, 0) is 30.4 Å². The molecule has 2 rings (SSSR count). The molecule has 0 N–H and O–H groups in total. The van der Waals surface area contributed by atoms with Crippen LogP contribution in [0.25, 0.3) is 0 Å². The number of hydrogen-bond acceptors (Lipinski definition) is 1. The van der Waals surface area contributed by atoms with E-state index in [0.717, 1.165) is 5.56 Å². The van der Waals surface area contributed by atoms with Crippen LogP contribution in [-0.2, 0) is 11.2 Å². The molecule has 0 aliphatic heterocycles. The van der Waals surface area contributed by atoms with Crippen LogP contribution in [0.1, 0.15) is 24.8 Å². The van der Waals surface area contributed by atoms with E-state index in [9.17, 15) is 4.79 Å². The van der Waals surface area contributed by atoms with Crippen molar-refractivity contribution in [3.05, 3.63) is 33.8 Å². The van der Waals surface area contributed by atoms with E-state index in [-0.39, 0.29) is 5.78 Å². The highest BCUT2D eigenvalue weighted by Crippen LogP contribution is 2.33. The molecule has 0 saturated heterocycles. The molecule has 1 aromatic carbocycles. The lowest BCUT2D eigenvalue weighted by atomic mass is 10.1. The largest absolute Gasteiger partial charge is 0.299 e. The van der Waals surface area contributed by atoms with Gasteiger partial charge in [-0.2, -0.15) is 0 Å². The van der Waals surface area contributed by atoms with Gasteiger partial charge >= 0.3 is 0 Å². The van der Waals surface area contributed by atoms with Crippen molar-refractivity contribution in [1.29, 1.82) is 0 Å². The summed E-state index contributed by atoms with van der Waals surface area (Å²) in [6.07, 6.45) is 3.52. The summed E-state index contributed by atoms with van der Waals surface area (Å²) in [5, 5.41) is 1.04. The van der Waals surface area contributed by atoms with Crippen LogP contribution < -0.4 is 0 Å². The molecule has 0 amide bonds. The molecule has 0 atom stereocenters. The molecule has 0 radical (unpaired) electrons. The van der Waals surface area contributed by atoms with E-state index in [0.29, 0.717) is 28.8 Å². The maximum Gasteiger partial charge on any atom is 0.137 e. The van der Waals surface area contributed by atoms with Crippen molar-refractivity contribution in [2.24, 2.45) is 5.92 Å². The first-order chi connectivity index (χ1) is 7.16. The minimum Gasteiger partial charge on any atom is -0.299 e. The van der Waals surface area contributed by atoms with Crippen molar-refractivity contribution in [2.45, 2.75) is 25.7 Å². The van der Waals surface area contributed by atoms with Gasteiger partial charge in [0.15, 0.2) is 0 Å². The van der Waals surface area contributed by atoms with Crippen molar-refractivity contribution in [3.63, 3.8) is 0 Å². The minimum absolute atomic E-state index is 0.265. The van der Waals surface area contributed by atoms with Crippen LogP contribution in [0.5, 0.6) is 0 Å². The third-order valence-electron chi connectivity index (χ3n) is 2.63. The zero-order valence-electron chi connectivity index (χ0n) is 8.30. The predicted octanol–water partition coefficient (Wildman–Crippen LogP) is 3.91. The Morgan fingerprint density at radius 3 is 2.73 bits per heavy atom. The molecule has 1 aliphatic carbocycles. The molecule has 0 heterocycles. The molecule has 1 aromatic rings. The van der Waals surface area contributed by atoms with E-state index in [4.69, 9.17) is 23.2 Å². The number of carbonyl (C=O) groups excluding carboxylic acids is 1. The van der Waals surface area contributed by atoms with E-state index in [1.54, 1.807) is 6.07 Å². The zero-order chi connectivity index (χ0) is 10.8. The minimum atomic E-state index is 0.265. The fraction of sp³-hybridized carbons (Fsp3) is 0.417. The Balaban J connectivity index is 2.02. The summed E-state index contributed by atoms with van der Waals surface area (Å²) in [7, 11) is 0. The van der Waals surface area contributed by atoms with Gasteiger partial charge in [0.2, 0.25) is 0 Å². The number of benzene rings is 1. The third-order valence-corrected chi connectivity index (χ3v) is 3.49. The van der Waals surface area contributed by atoms with Crippen LogP contribution >= 0.6 is 23.2 Å². The summed E-state index contributed by atoms with van der Waals surface area (Å²) < 4.78 is 0. The second kappa shape index (κ2) is 4.54. The third kappa shape index (κ3) is 2.96. The van der Waals surface area contributed by atoms with Gasteiger partial charge in [0, 0.05) is 12.8 Å². The first-order valence-corrected chi connectivity index (χ1v) is 5.87. The van der Waals surface area contributed by atoms with Gasteiger partial charge in [0.05, 0.1) is 10.0 Å². The Bertz CT molecular complexity index is 383. The average Bonchev–Trinajstić information content (AvgIpc) is 2.97. The van der Waals surface area contributed by atoms with E-state index in [2.05, 4.69) is 0 Å². The predicted molar refractivity (Wildman–Crippen MR) is 62.5 cm³/mol. The lowest BCUT2D eigenvalue weighted by Crippen LogP contribution is -2.04. The highest BCUT2D eigenvalue weighted by atomic mass is 35.5. The number of rotatable bonds is 4. The molecule has 3 heteroatoms. The Morgan fingerprint density at radius 1 is 1.33 bits per heavy atom. The molecule has 15 heavy (non-hydrogen) atoms. The number of carbonyl (C=O) groups is 1. The Labute approximate surface area is 99.4 Å². The van der Waals surface area contributed by atoms with Gasteiger partial charge in [-0.15, -0.1) is 0 Å². The monoisotopic (exact) mass is 242 g/mol. The number of hydrogen-bond donors (Lipinski definition) is 0. The van der Waals surface area contributed by atoms with Gasteiger partial charge in [-0.1, -0.05) is 35.3 Å². The fourth-order valence-electron chi connectivity index (χ4n) is 1.61. The molecule has 1 aliphatic rings. The van der Waals surface area contributed by atoms with Gasteiger partial charge in [-0.3, -0.25) is 4.79 Å². The van der Waals surface area contributed by atoms with E-state index in [1.807, 2.05) is 12.1 Å². The molecule has 0 spiro atoms. The molecule has 1 fully saturated rings. The van der Waals surface area contributed by atoms with E-state index >= 15 is 0 Å². The maximum atomic E-state index is 11.6. The van der Waals surface area contributed by atoms with Crippen LogP contribution in [0.15, 0.2) is 18.2 Å². The van der Waals surface area contributed by atoms with Crippen molar-refractivity contribution in [2.75, 3.05) is 0 Å². The smallest absolute Gasteiger partial charge is 0.137 e. The number of ketones is 1. The Morgan fingerprint density at radius 2 is 2.07 bits per heavy atom. The number of halogens is 2. The summed E-state index contributed by atoms with van der Waals surface area (Å²) in [4.78, 5) is 11.6. The first-order valence-electron chi connectivity index (χ1n) is 5.11. The van der Waals surface area contributed by atoms with Crippen LogP contribution in [0.3, 0.4) is 0 Å². The summed E-state index contributed by atoms with van der Waals surface area (Å²) in [6.45, 7) is 0. The number of Topliss-reactive ketones (excluding diaryl/α,β-unsaturated/α-hetero) is 1. The summed E-state index contributed by atoms with van der Waals surface area (Å²) in [5.74, 6) is 0.900. The first kappa shape index (κ1) is 11.0. The lowest BCUT2D eigenvalue weighted by Gasteiger charge is -2.04. The summed E-state index contributed by atoms with van der Waals surface area (Å²) >= 11 is 11.9. The average molecular weight is 243 g/mol. The fourth-order valence-corrected chi connectivity index (χ4v) is 2.00. The van der Waals surface area contributed by atoms with Crippen molar-refractivity contribution < 1.29 is 4.79 Å². The summed E-state index contributed by atoms with van der Waals surface area (Å²) in [6, 6.07) is 5.42. The van der Waals surface area contributed by atoms with Crippen LogP contribution in [-0.4, -0.2) is 5.78 Å². The SMILES string of the molecule is O=C(Cc1cccc(Cl)c1Cl)CC1CC1. The van der Waals surface area contributed by atoms with Crippen LogP contribution in [0, 0.1) is 5.92 Å². The quantitative estimate of drug-likeness (QED) is 0.783. The second-order valence-electron chi connectivity index (χ2n) is 4.08. The zero-order valence-corrected chi connectivity index (χ0v) is 9.81. The molecule has 80 valence electrons. The molecular formula is C12H12Cl2O. The van der Waals surface area contributed by atoms with Gasteiger partial charge in [-0.25, -0.2) is 0 Å². The molecule has 0 bridgehead atoms. The van der Waals surface area contributed by atoms with Gasteiger partial charge in [0.1, 0.15) is 5.78 Å². The molecular weight excluding hydrogens is 231 g/mol. The van der Waals surface area contributed by atoms with Crippen molar-refractivity contribution in [3.8, 4) is 0 Å². The van der Waals surface area contributed by atoms with Crippen LogP contribution in [0.2, 0.25) is 10.0 Å². The van der Waals surface area contributed by atoms with Gasteiger partial charge < -0.3 is 0 Å². The Kier molecular flexibility index (Phi) is 3.32. The van der Waals surface area contributed by atoms with E-state index in [1.165, 1.54) is 12.8 Å². The van der Waals surface area contributed by atoms with Crippen molar-refractivity contribution in [1.82, 2.24) is 0 Å². The Hall–Kier alpha value is -0.530. The molecule has 0 aromatic heterocycles. The second-order valence-corrected chi connectivity index (χ2v) is 4.86. The van der Waals surface area contributed by atoms with Crippen LogP contribution in [0.4, 0.5) is 0 Å². The van der Waals surface area contributed by atoms with Gasteiger partial charge in [0.25, 0.3) is 0 Å². The molecule has 1 nitrogen and oxygen atoms in total. The molecule has 0 unspecified atom stereocenters. The topological polar surface area (TPSA) is 17.1 Å². The van der Waals surface area contributed by atoms with Crippen molar-refractivity contribution >= 4 is 29.0 Å². The molecule has 1 saturated carbocycles. The maximum absolute atomic E-state index is 11.6. The summed E-state index contributed by atoms with van der Waals surface area (Å²) in [5.41, 5.74) is 0.842. The lowest BCUT2D eigenvalue weighted by molar-refractivity contribution is -0.118. The standard InChI is InChI=1S/C12H12Cl2O/c13-11-3-1-2-9(12(11)14)7-10(15)6-8-4-5-8/h1-3,8H,4-7H2. The highest BCUT2D eigenvalue weighted by molar-refractivity contribution is 6.42. The van der Waals surface area contributed by atoms with E-state index < -0.39 is 0 Å². The highest BCUT2D eigenvalue weighted by Gasteiger charge is 2.24.